The lowest BCUT2D eigenvalue weighted by Crippen LogP contribution is -2.36. The smallest absolute Gasteiger partial charge is 0.167 e. The van der Waals surface area contributed by atoms with Crippen LogP contribution in [0.4, 0.5) is 11.4 Å². The Morgan fingerprint density at radius 3 is 2.63 bits per heavy atom. The van der Waals surface area contributed by atoms with Gasteiger partial charge in [-0.05, 0) is 60.2 Å². The molecular weight excluding hydrogens is 440 g/mol. The minimum Gasteiger partial charge on any atom is -0.490 e. The zero-order chi connectivity index (χ0) is 23.8. The molecule has 0 saturated carbocycles. The Kier molecular flexibility index (Phi) is 5.62. The molecule has 3 aromatic carbocycles. The Bertz CT molecular complexity index is 1370. The number of nitrogens with zero attached hydrogens (tertiary/aromatic N) is 3. The second-order valence-corrected chi connectivity index (χ2v) is 9.14. The zero-order valence-electron chi connectivity index (χ0n) is 19.8. The number of benzene rings is 3. The van der Waals surface area contributed by atoms with Gasteiger partial charge < -0.3 is 24.3 Å². The molecule has 0 aliphatic carbocycles. The first-order valence-electron chi connectivity index (χ1n) is 12.1. The van der Waals surface area contributed by atoms with Gasteiger partial charge in [0.2, 0.25) is 0 Å². The Hall–Kier alpha value is -3.84. The van der Waals surface area contributed by atoms with Crippen molar-refractivity contribution in [3.8, 4) is 17.1 Å². The van der Waals surface area contributed by atoms with E-state index in [2.05, 4.69) is 34.0 Å². The van der Waals surface area contributed by atoms with Gasteiger partial charge >= 0.3 is 0 Å². The van der Waals surface area contributed by atoms with Crippen LogP contribution in [0.15, 0.2) is 60.7 Å². The molecule has 2 aliphatic heterocycles. The monoisotopic (exact) mass is 468 g/mol. The van der Waals surface area contributed by atoms with Gasteiger partial charge in [0, 0.05) is 43.4 Å². The molecule has 0 spiro atoms. The van der Waals surface area contributed by atoms with E-state index in [0.29, 0.717) is 13.0 Å². The van der Waals surface area contributed by atoms with Crippen molar-refractivity contribution in [3.63, 3.8) is 0 Å². The van der Waals surface area contributed by atoms with E-state index in [-0.39, 0.29) is 5.78 Å². The van der Waals surface area contributed by atoms with Crippen LogP contribution in [0.2, 0.25) is 0 Å². The molecule has 0 amide bonds. The molecule has 0 unspecified atom stereocenters. The van der Waals surface area contributed by atoms with Crippen LogP contribution in [0, 0.1) is 0 Å². The first kappa shape index (κ1) is 21.7. The highest BCUT2D eigenvalue weighted by molar-refractivity contribution is 5.98. The van der Waals surface area contributed by atoms with Crippen LogP contribution in [-0.4, -0.2) is 62.3 Å². The minimum absolute atomic E-state index is 0.105. The number of carbonyl (C=O) groups excluding carboxylic acids is 1. The van der Waals surface area contributed by atoms with Crippen LogP contribution in [0.5, 0.6) is 5.75 Å². The Balaban J connectivity index is 1.19. The fourth-order valence-electron chi connectivity index (χ4n) is 4.78. The summed E-state index contributed by atoms with van der Waals surface area (Å²) in [7, 11) is 2.07. The molecule has 3 heterocycles. The third kappa shape index (κ3) is 4.35. The number of rotatable bonds is 5. The lowest BCUT2D eigenvalue weighted by Gasteiger charge is -2.28. The van der Waals surface area contributed by atoms with E-state index in [1.54, 1.807) is 0 Å². The SMILES string of the molecule is CN1CCOc2cc(-c3nc4ccc(CC(=O)c5ccc(N6CCOCC6)cc5)cc4[nH]3)ccc21. The molecule has 0 radical (unpaired) electrons. The number of aromatic nitrogens is 2. The number of Topliss-reactive ketones (excluding diaryl/α,β-unsaturated/α-hetero) is 1. The van der Waals surface area contributed by atoms with Gasteiger partial charge in [-0.25, -0.2) is 4.98 Å². The van der Waals surface area contributed by atoms with Crippen molar-refractivity contribution in [3.05, 3.63) is 71.8 Å². The summed E-state index contributed by atoms with van der Waals surface area (Å²) in [6.07, 6.45) is 0.347. The van der Waals surface area contributed by atoms with Crippen molar-refractivity contribution in [2.24, 2.45) is 0 Å². The molecule has 1 aromatic heterocycles. The molecule has 7 nitrogen and oxygen atoms in total. The van der Waals surface area contributed by atoms with Gasteiger partial charge in [0.25, 0.3) is 0 Å². The number of likely N-dealkylation sites (N-methyl/N-ethyl adjacent to an activating group) is 1. The second kappa shape index (κ2) is 9.07. The van der Waals surface area contributed by atoms with Crippen LogP contribution in [0.1, 0.15) is 15.9 Å². The Morgan fingerprint density at radius 2 is 1.80 bits per heavy atom. The molecule has 1 N–H and O–H groups in total. The molecule has 1 fully saturated rings. The van der Waals surface area contributed by atoms with Crippen LogP contribution < -0.4 is 14.5 Å². The van der Waals surface area contributed by atoms with E-state index in [9.17, 15) is 4.79 Å². The maximum Gasteiger partial charge on any atom is 0.167 e. The number of H-pyrrole nitrogens is 1. The van der Waals surface area contributed by atoms with E-state index in [0.717, 1.165) is 83.5 Å². The molecular formula is C28H28N4O3. The number of nitrogens with one attached hydrogen (secondary N) is 1. The summed E-state index contributed by atoms with van der Waals surface area (Å²) >= 11 is 0. The topological polar surface area (TPSA) is 70.7 Å². The average molecular weight is 469 g/mol. The highest BCUT2D eigenvalue weighted by atomic mass is 16.5. The van der Waals surface area contributed by atoms with E-state index >= 15 is 0 Å². The maximum atomic E-state index is 13.0. The Morgan fingerprint density at radius 1 is 0.971 bits per heavy atom. The number of anilines is 2. The minimum atomic E-state index is 0.105. The molecule has 0 atom stereocenters. The summed E-state index contributed by atoms with van der Waals surface area (Å²) in [6, 6.07) is 20.1. The maximum absolute atomic E-state index is 13.0. The van der Waals surface area contributed by atoms with Crippen LogP contribution in [0.25, 0.3) is 22.4 Å². The molecule has 2 aliphatic rings. The summed E-state index contributed by atoms with van der Waals surface area (Å²) in [5, 5.41) is 0. The van der Waals surface area contributed by atoms with Gasteiger partial charge in [0.05, 0.1) is 36.5 Å². The number of ketones is 1. The van der Waals surface area contributed by atoms with E-state index in [1.165, 1.54) is 0 Å². The van der Waals surface area contributed by atoms with Crippen molar-refractivity contribution in [2.75, 3.05) is 56.3 Å². The van der Waals surface area contributed by atoms with Crippen LogP contribution in [0.3, 0.4) is 0 Å². The van der Waals surface area contributed by atoms with Crippen molar-refractivity contribution in [1.29, 1.82) is 0 Å². The normalized spacial score (nSPS) is 15.7. The predicted octanol–water partition coefficient (Wildman–Crippen LogP) is 4.32. The molecule has 1 saturated heterocycles. The summed E-state index contributed by atoms with van der Waals surface area (Å²) in [5.41, 5.74) is 6.70. The number of aromatic amines is 1. The lowest BCUT2D eigenvalue weighted by atomic mass is 10.0. The second-order valence-electron chi connectivity index (χ2n) is 9.14. The lowest BCUT2D eigenvalue weighted by molar-refractivity contribution is 0.0993. The fraction of sp³-hybridized carbons (Fsp3) is 0.286. The molecule has 35 heavy (non-hydrogen) atoms. The number of carbonyl (C=O) groups is 1. The van der Waals surface area contributed by atoms with Crippen LogP contribution >= 0.6 is 0 Å². The van der Waals surface area contributed by atoms with Crippen molar-refractivity contribution >= 4 is 28.2 Å². The third-order valence-electron chi connectivity index (χ3n) is 6.81. The van der Waals surface area contributed by atoms with E-state index < -0.39 is 0 Å². The highest BCUT2D eigenvalue weighted by Crippen LogP contribution is 2.34. The summed E-state index contributed by atoms with van der Waals surface area (Å²) in [6.45, 7) is 4.83. The molecule has 4 aromatic rings. The summed E-state index contributed by atoms with van der Waals surface area (Å²) in [5.74, 6) is 1.78. The molecule has 0 bridgehead atoms. The summed E-state index contributed by atoms with van der Waals surface area (Å²) < 4.78 is 11.3. The largest absolute Gasteiger partial charge is 0.490 e. The van der Waals surface area contributed by atoms with Crippen LogP contribution in [-0.2, 0) is 11.2 Å². The number of hydrogen-bond acceptors (Lipinski definition) is 6. The molecule has 6 rings (SSSR count). The van der Waals surface area contributed by atoms with Gasteiger partial charge in [0.1, 0.15) is 18.2 Å². The summed E-state index contributed by atoms with van der Waals surface area (Å²) in [4.78, 5) is 25.6. The number of ether oxygens (including phenoxy) is 2. The number of hydrogen-bond donors (Lipinski definition) is 1. The number of morpholine rings is 1. The predicted molar refractivity (Wildman–Crippen MR) is 138 cm³/mol. The molecule has 178 valence electrons. The average Bonchev–Trinajstić information content (AvgIpc) is 3.33. The molecule has 7 heteroatoms. The fourth-order valence-corrected chi connectivity index (χ4v) is 4.78. The first-order chi connectivity index (χ1) is 17.1. The van der Waals surface area contributed by atoms with Gasteiger partial charge in [-0.15, -0.1) is 0 Å². The zero-order valence-corrected chi connectivity index (χ0v) is 19.8. The van der Waals surface area contributed by atoms with Crippen molar-refractivity contribution in [1.82, 2.24) is 9.97 Å². The quantitative estimate of drug-likeness (QED) is 0.440. The van der Waals surface area contributed by atoms with Gasteiger partial charge in [-0.1, -0.05) is 6.07 Å². The van der Waals surface area contributed by atoms with Crippen molar-refractivity contribution < 1.29 is 14.3 Å². The van der Waals surface area contributed by atoms with Gasteiger partial charge in [-0.2, -0.15) is 0 Å². The van der Waals surface area contributed by atoms with Crippen molar-refractivity contribution in [2.45, 2.75) is 6.42 Å². The van der Waals surface area contributed by atoms with Gasteiger partial charge in [0.15, 0.2) is 5.78 Å². The standard InChI is InChI=1S/C28H28N4O3/c1-31-10-15-35-27-18-21(5-9-25(27)31)28-29-23-8-2-19(16-24(23)30-28)17-26(33)20-3-6-22(7-4-20)32-11-13-34-14-12-32/h2-9,16,18H,10-15,17H2,1H3,(H,29,30). The first-order valence-corrected chi connectivity index (χ1v) is 12.1. The van der Waals surface area contributed by atoms with E-state index in [1.807, 2.05) is 48.5 Å². The van der Waals surface area contributed by atoms with E-state index in [4.69, 9.17) is 14.5 Å². The highest BCUT2D eigenvalue weighted by Gasteiger charge is 2.17. The third-order valence-corrected chi connectivity index (χ3v) is 6.81. The Labute approximate surface area is 204 Å². The number of imidazole rings is 1. The number of fused-ring (bicyclic) bond motifs is 2. The van der Waals surface area contributed by atoms with Gasteiger partial charge in [-0.3, -0.25) is 4.79 Å².